The number of benzene rings is 5. The fourth-order valence-electron chi connectivity index (χ4n) is 6.58. The molecule has 7 nitrogen and oxygen atoms in total. The van der Waals surface area contributed by atoms with Gasteiger partial charge in [-0.1, -0.05) is 133 Å². The standard InChI is InChI=1S/C48H46N2O5/c51-45(43-29-27-42(28-30-43)44-22-10-11-32-49-44)50-33-13-21-38-23-25-39(26-24-38)34-48(31-12-20-37-14-4-1-5-15-37,46(52)54-35-40-16-6-2-7-17-40)47(53)55-36-41-18-8-3-9-19-41/h1-11,14-19,22-30,32H,12-13,20-21,31,33-36H2,(H,50,51). The molecule has 0 fully saturated rings. The first kappa shape index (κ1) is 38.4. The number of carbonyl (C=O) groups excluding carboxylic acids is 3. The molecular weight excluding hydrogens is 685 g/mol. The van der Waals surface area contributed by atoms with Crippen molar-refractivity contribution in [1.82, 2.24) is 10.3 Å². The van der Waals surface area contributed by atoms with E-state index in [1.54, 1.807) is 6.20 Å². The van der Waals surface area contributed by atoms with Gasteiger partial charge in [-0.3, -0.25) is 19.4 Å². The SMILES string of the molecule is O=C(NCCCc1ccc(CC(CCCc2ccccc2)(C(=O)OCc2ccccc2)C(=O)OCc2ccccc2)cc1)c1ccc(-c2ccccn2)cc1. The molecular formula is C48H46N2O5. The molecule has 6 rings (SSSR count). The first-order chi connectivity index (χ1) is 27.0. The van der Waals surface area contributed by atoms with Crippen LogP contribution in [0.5, 0.6) is 0 Å². The molecule has 0 aliphatic heterocycles. The van der Waals surface area contributed by atoms with Crippen molar-refractivity contribution in [2.24, 2.45) is 5.41 Å². The maximum absolute atomic E-state index is 14.3. The van der Waals surface area contributed by atoms with E-state index in [1.807, 2.05) is 146 Å². The van der Waals surface area contributed by atoms with Gasteiger partial charge in [-0.25, -0.2) is 0 Å². The third-order valence-electron chi connectivity index (χ3n) is 9.68. The lowest BCUT2D eigenvalue weighted by atomic mass is 9.76. The minimum atomic E-state index is -1.56. The number of ether oxygens (including phenoxy) is 2. The summed E-state index contributed by atoms with van der Waals surface area (Å²) in [6.07, 6.45) is 4.93. The lowest BCUT2D eigenvalue weighted by Gasteiger charge is -2.30. The average molecular weight is 731 g/mol. The molecule has 5 aromatic carbocycles. The van der Waals surface area contributed by atoms with Crippen molar-refractivity contribution in [3.8, 4) is 11.3 Å². The van der Waals surface area contributed by atoms with Crippen LogP contribution in [-0.4, -0.2) is 29.4 Å². The van der Waals surface area contributed by atoms with Crippen LogP contribution in [0.2, 0.25) is 0 Å². The van der Waals surface area contributed by atoms with Gasteiger partial charge in [-0.2, -0.15) is 0 Å². The second-order valence-electron chi connectivity index (χ2n) is 13.7. The summed E-state index contributed by atoms with van der Waals surface area (Å²) in [6, 6.07) is 50.2. The molecule has 0 radical (unpaired) electrons. The zero-order valence-electron chi connectivity index (χ0n) is 30.9. The van der Waals surface area contributed by atoms with E-state index in [0.29, 0.717) is 24.9 Å². The van der Waals surface area contributed by atoms with Gasteiger partial charge in [-0.05, 0) is 90.6 Å². The Bertz CT molecular complexity index is 2030. The van der Waals surface area contributed by atoms with Crippen LogP contribution in [0, 0.1) is 5.41 Å². The quantitative estimate of drug-likeness (QED) is 0.0539. The number of pyridine rings is 1. The summed E-state index contributed by atoms with van der Waals surface area (Å²) >= 11 is 0. The molecule has 0 spiro atoms. The Hall–Kier alpha value is -6.34. The van der Waals surface area contributed by atoms with Gasteiger partial charge < -0.3 is 14.8 Å². The van der Waals surface area contributed by atoms with Crippen molar-refractivity contribution < 1.29 is 23.9 Å². The van der Waals surface area contributed by atoms with Gasteiger partial charge in [0.05, 0.1) is 5.69 Å². The van der Waals surface area contributed by atoms with E-state index in [2.05, 4.69) is 22.4 Å². The van der Waals surface area contributed by atoms with Gasteiger partial charge in [-0.15, -0.1) is 0 Å². The molecule has 0 unspecified atom stereocenters. The third-order valence-corrected chi connectivity index (χ3v) is 9.68. The topological polar surface area (TPSA) is 94.6 Å². The number of esters is 2. The number of amides is 1. The molecule has 1 amide bonds. The van der Waals surface area contributed by atoms with Crippen LogP contribution in [0.15, 0.2) is 164 Å². The third kappa shape index (κ3) is 11.1. The minimum absolute atomic E-state index is 0.0536. The normalized spacial score (nSPS) is 11.1. The van der Waals surface area contributed by atoms with E-state index >= 15 is 0 Å². The highest BCUT2D eigenvalue weighted by Crippen LogP contribution is 2.34. The zero-order valence-corrected chi connectivity index (χ0v) is 30.9. The molecule has 1 heterocycles. The van der Waals surface area contributed by atoms with Crippen molar-refractivity contribution in [3.05, 3.63) is 197 Å². The number of nitrogens with zero attached hydrogens (tertiary/aromatic N) is 1. The molecule has 278 valence electrons. The molecule has 6 aromatic rings. The predicted octanol–water partition coefficient (Wildman–Crippen LogP) is 9.15. The Balaban J connectivity index is 1.12. The highest BCUT2D eigenvalue weighted by Gasteiger charge is 2.48. The van der Waals surface area contributed by atoms with Gasteiger partial charge in [0, 0.05) is 23.9 Å². The summed E-state index contributed by atoms with van der Waals surface area (Å²) < 4.78 is 11.9. The summed E-state index contributed by atoms with van der Waals surface area (Å²) in [6.45, 7) is 0.629. The molecule has 1 aromatic heterocycles. The van der Waals surface area contributed by atoms with Crippen LogP contribution in [0.4, 0.5) is 0 Å². The first-order valence-corrected chi connectivity index (χ1v) is 18.8. The maximum atomic E-state index is 14.3. The first-order valence-electron chi connectivity index (χ1n) is 18.8. The van der Waals surface area contributed by atoms with Crippen LogP contribution < -0.4 is 5.32 Å². The number of hydrogen-bond donors (Lipinski definition) is 1. The van der Waals surface area contributed by atoms with Gasteiger partial charge in [0.25, 0.3) is 5.91 Å². The number of rotatable bonds is 18. The van der Waals surface area contributed by atoms with Crippen LogP contribution in [-0.2, 0) is 51.5 Å². The van der Waals surface area contributed by atoms with E-state index in [0.717, 1.165) is 51.9 Å². The zero-order chi connectivity index (χ0) is 38.1. The summed E-state index contributed by atoms with van der Waals surface area (Å²) in [7, 11) is 0. The van der Waals surface area contributed by atoms with Gasteiger partial charge in [0.1, 0.15) is 13.2 Å². The van der Waals surface area contributed by atoms with Gasteiger partial charge in [0.15, 0.2) is 5.41 Å². The fraction of sp³-hybridized carbons (Fsp3) is 0.208. The smallest absolute Gasteiger partial charge is 0.324 e. The highest BCUT2D eigenvalue weighted by molar-refractivity contribution is 6.00. The van der Waals surface area contributed by atoms with E-state index in [9.17, 15) is 14.4 Å². The Kier molecular flexibility index (Phi) is 13.7. The number of hydrogen-bond acceptors (Lipinski definition) is 6. The Morgan fingerprint density at radius 3 is 1.60 bits per heavy atom. The summed E-state index contributed by atoms with van der Waals surface area (Å²) in [5.74, 6) is -1.30. The van der Waals surface area contributed by atoms with Gasteiger partial charge in [0.2, 0.25) is 0 Å². The monoisotopic (exact) mass is 730 g/mol. The summed E-state index contributed by atoms with van der Waals surface area (Å²) in [5.41, 5.74) is 5.59. The molecule has 55 heavy (non-hydrogen) atoms. The van der Waals surface area contributed by atoms with E-state index in [1.165, 1.54) is 0 Å². The minimum Gasteiger partial charge on any atom is -0.460 e. The predicted molar refractivity (Wildman–Crippen MR) is 215 cm³/mol. The average Bonchev–Trinajstić information content (AvgIpc) is 3.25. The van der Waals surface area contributed by atoms with E-state index in [4.69, 9.17) is 9.47 Å². The summed E-state index contributed by atoms with van der Waals surface area (Å²) in [4.78, 5) is 45.7. The van der Waals surface area contributed by atoms with Crippen molar-refractivity contribution in [2.45, 2.75) is 51.7 Å². The van der Waals surface area contributed by atoms with E-state index < -0.39 is 17.4 Å². The fourth-order valence-corrected chi connectivity index (χ4v) is 6.58. The second kappa shape index (κ2) is 19.7. The largest absolute Gasteiger partial charge is 0.460 e. The number of nitrogens with one attached hydrogen (secondary N) is 1. The molecule has 0 aliphatic rings. The van der Waals surface area contributed by atoms with Crippen LogP contribution >= 0.6 is 0 Å². The van der Waals surface area contributed by atoms with Crippen molar-refractivity contribution in [2.75, 3.05) is 6.54 Å². The molecule has 0 saturated carbocycles. The second-order valence-corrected chi connectivity index (χ2v) is 13.7. The Morgan fingerprint density at radius 1 is 0.527 bits per heavy atom. The number of carbonyl (C=O) groups is 3. The number of aromatic nitrogens is 1. The number of aryl methyl sites for hydroxylation is 2. The van der Waals surface area contributed by atoms with Crippen molar-refractivity contribution in [1.29, 1.82) is 0 Å². The Labute approximate surface area is 323 Å². The van der Waals surface area contributed by atoms with E-state index in [-0.39, 0.29) is 32.0 Å². The van der Waals surface area contributed by atoms with Gasteiger partial charge >= 0.3 is 11.9 Å². The van der Waals surface area contributed by atoms with Crippen LogP contribution in [0.25, 0.3) is 11.3 Å². The molecule has 0 saturated heterocycles. The van der Waals surface area contributed by atoms with Crippen molar-refractivity contribution >= 4 is 17.8 Å². The van der Waals surface area contributed by atoms with Crippen LogP contribution in [0.3, 0.4) is 0 Å². The highest BCUT2D eigenvalue weighted by atomic mass is 16.6. The molecule has 0 bridgehead atoms. The molecule has 1 N–H and O–H groups in total. The molecule has 0 atom stereocenters. The maximum Gasteiger partial charge on any atom is 0.324 e. The Morgan fingerprint density at radius 2 is 1.04 bits per heavy atom. The van der Waals surface area contributed by atoms with Crippen LogP contribution in [0.1, 0.15) is 57.4 Å². The molecule has 0 aliphatic carbocycles. The molecule has 7 heteroatoms. The van der Waals surface area contributed by atoms with Crippen molar-refractivity contribution in [3.63, 3.8) is 0 Å². The lowest BCUT2D eigenvalue weighted by molar-refractivity contribution is -0.175. The summed E-state index contributed by atoms with van der Waals surface area (Å²) in [5, 5.41) is 3.02. The lowest BCUT2D eigenvalue weighted by Crippen LogP contribution is -2.44.